The van der Waals surface area contributed by atoms with Gasteiger partial charge in [-0.1, -0.05) is 35.9 Å². The summed E-state index contributed by atoms with van der Waals surface area (Å²) in [7, 11) is 0. The third kappa shape index (κ3) is 4.04. The van der Waals surface area contributed by atoms with Crippen LogP contribution in [0.3, 0.4) is 0 Å². The van der Waals surface area contributed by atoms with E-state index in [4.69, 9.17) is 5.73 Å². The molecule has 0 bridgehead atoms. The first kappa shape index (κ1) is 17.1. The molecule has 0 radical (unpaired) electrons. The minimum Gasteiger partial charge on any atom is -0.352 e. The van der Waals surface area contributed by atoms with Crippen molar-refractivity contribution < 1.29 is 4.79 Å². The molecular weight excluding hydrogens is 318 g/mol. The van der Waals surface area contributed by atoms with Gasteiger partial charge in [0.1, 0.15) is 6.04 Å². The van der Waals surface area contributed by atoms with E-state index in [0.717, 1.165) is 24.2 Å². The van der Waals surface area contributed by atoms with Crippen LogP contribution in [0.1, 0.15) is 40.9 Å². The monoisotopic (exact) mass is 343 g/mol. The largest absolute Gasteiger partial charge is 0.352 e. The summed E-state index contributed by atoms with van der Waals surface area (Å²) in [5.74, 6) is -0.111. The fourth-order valence-corrected chi connectivity index (χ4v) is 4.04. The number of nitrogens with two attached hydrogens (primary N) is 1. The predicted octanol–water partition coefficient (Wildman–Crippen LogP) is 3.01. The van der Waals surface area contributed by atoms with Crippen molar-refractivity contribution in [3.05, 3.63) is 57.8 Å². The van der Waals surface area contributed by atoms with Gasteiger partial charge in [-0.25, -0.2) is 0 Å². The Bertz CT molecular complexity index is 648. The Kier molecular flexibility index (Phi) is 5.66. The normalized spacial score (nSPS) is 17.6. The summed E-state index contributed by atoms with van der Waals surface area (Å²) >= 11 is 1.75. The molecule has 3 rings (SSSR count). The van der Waals surface area contributed by atoms with E-state index in [1.165, 1.54) is 17.7 Å². The van der Waals surface area contributed by atoms with E-state index < -0.39 is 6.04 Å². The number of rotatable bonds is 6. The van der Waals surface area contributed by atoms with Crippen LogP contribution >= 0.6 is 11.3 Å². The van der Waals surface area contributed by atoms with Crippen LogP contribution in [-0.2, 0) is 4.79 Å². The first-order chi connectivity index (χ1) is 11.6. The summed E-state index contributed by atoms with van der Waals surface area (Å²) in [6, 6.07) is 11.7. The number of nitrogens with zero attached hydrogens (tertiary/aromatic N) is 1. The second-order valence-corrected chi connectivity index (χ2v) is 7.39. The highest BCUT2D eigenvalue weighted by molar-refractivity contribution is 7.10. The molecule has 3 N–H and O–H groups in total. The van der Waals surface area contributed by atoms with Crippen LogP contribution in [0.25, 0.3) is 0 Å². The fourth-order valence-electron chi connectivity index (χ4n) is 3.18. The number of carbonyl (C=O) groups is 1. The standard InChI is InChI=1S/C19H25N3OS/c1-14-6-8-15(9-7-14)18(20)19(23)21-13-16(17-5-4-12-24-17)22-10-2-3-11-22/h4-9,12,16,18H,2-3,10-11,13,20H2,1H3,(H,21,23). The zero-order valence-corrected chi connectivity index (χ0v) is 14.9. The predicted molar refractivity (Wildman–Crippen MR) is 99.0 cm³/mol. The quantitative estimate of drug-likeness (QED) is 0.848. The molecule has 5 heteroatoms. The summed E-state index contributed by atoms with van der Waals surface area (Å²) < 4.78 is 0. The van der Waals surface area contributed by atoms with Gasteiger partial charge in [-0.2, -0.15) is 0 Å². The van der Waals surface area contributed by atoms with Crippen LogP contribution in [0.15, 0.2) is 41.8 Å². The molecule has 2 aromatic rings. The van der Waals surface area contributed by atoms with Gasteiger partial charge in [0.15, 0.2) is 0 Å². The molecule has 4 nitrogen and oxygen atoms in total. The minimum atomic E-state index is -0.617. The van der Waals surface area contributed by atoms with Gasteiger partial charge in [-0.05, 0) is 49.9 Å². The van der Waals surface area contributed by atoms with Crippen LogP contribution in [0.4, 0.5) is 0 Å². The number of nitrogens with one attached hydrogen (secondary N) is 1. The zero-order chi connectivity index (χ0) is 16.9. The van der Waals surface area contributed by atoms with Crippen molar-refractivity contribution in [3.63, 3.8) is 0 Å². The van der Waals surface area contributed by atoms with Crippen LogP contribution in [0, 0.1) is 6.92 Å². The van der Waals surface area contributed by atoms with Crippen molar-refractivity contribution in [2.24, 2.45) is 5.73 Å². The number of benzene rings is 1. The number of thiophene rings is 1. The van der Waals surface area contributed by atoms with Gasteiger partial charge in [0.25, 0.3) is 0 Å². The van der Waals surface area contributed by atoms with Crippen LogP contribution in [0.2, 0.25) is 0 Å². The van der Waals surface area contributed by atoms with Gasteiger partial charge in [-0.15, -0.1) is 11.3 Å². The molecule has 1 aromatic heterocycles. The lowest BCUT2D eigenvalue weighted by Crippen LogP contribution is -2.40. The molecular formula is C19H25N3OS. The third-order valence-electron chi connectivity index (χ3n) is 4.64. The zero-order valence-electron chi connectivity index (χ0n) is 14.1. The fraction of sp³-hybridized carbons (Fsp3) is 0.421. The van der Waals surface area contributed by atoms with Gasteiger partial charge in [0.05, 0.1) is 6.04 Å². The van der Waals surface area contributed by atoms with Gasteiger partial charge in [-0.3, -0.25) is 9.69 Å². The molecule has 1 saturated heterocycles. The van der Waals surface area contributed by atoms with E-state index in [9.17, 15) is 4.79 Å². The summed E-state index contributed by atoms with van der Waals surface area (Å²) in [5.41, 5.74) is 8.14. The SMILES string of the molecule is Cc1ccc(C(N)C(=O)NCC(c2cccs2)N2CCCC2)cc1. The van der Waals surface area contributed by atoms with Gasteiger partial charge in [0, 0.05) is 11.4 Å². The van der Waals surface area contributed by atoms with Gasteiger partial charge < -0.3 is 11.1 Å². The van der Waals surface area contributed by atoms with E-state index in [0.29, 0.717) is 6.54 Å². The summed E-state index contributed by atoms with van der Waals surface area (Å²) in [6.45, 7) is 4.83. The molecule has 1 aliphatic heterocycles. The number of aryl methyl sites for hydroxylation is 1. The lowest BCUT2D eigenvalue weighted by molar-refractivity contribution is -0.122. The Labute approximate surface area is 147 Å². The number of hydrogen-bond donors (Lipinski definition) is 2. The van der Waals surface area contributed by atoms with Crippen molar-refractivity contribution in [2.45, 2.75) is 31.8 Å². The Hall–Kier alpha value is -1.69. The second kappa shape index (κ2) is 7.92. The Morgan fingerprint density at radius 2 is 1.96 bits per heavy atom. The van der Waals surface area contributed by atoms with E-state index in [2.05, 4.69) is 27.7 Å². The van der Waals surface area contributed by atoms with E-state index in [1.54, 1.807) is 11.3 Å². The maximum Gasteiger partial charge on any atom is 0.241 e. The Morgan fingerprint density at radius 1 is 1.25 bits per heavy atom. The van der Waals surface area contributed by atoms with Crippen molar-refractivity contribution in [1.29, 1.82) is 0 Å². The first-order valence-corrected chi connectivity index (χ1v) is 9.40. The minimum absolute atomic E-state index is 0.111. The molecule has 0 spiro atoms. The van der Waals surface area contributed by atoms with E-state index >= 15 is 0 Å². The Morgan fingerprint density at radius 3 is 2.58 bits per heavy atom. The molecule has 1 fully saturated rings. The lowest BCUT2D eigenvalue weighted by Gasteiger charge is -2.27. The average Bonchev–Trinajstić information content (AvgIpc) is 3.29. The van der Waals surface area contributed by atoms with Crippen molar-refractivity contribution in [2.75, 3.05) is 19.6 Å². The molecule has 24 heavy (non-hydrogen) atoms. The highest BCUT2D eigenvalue weighted by Gasteiger charge is 2.25. The number of likely N-dealkylation sites (tertiary alicyclic amines) is 1. The molecule has 2 unspecified atom stereocenters. The van der Waals surface area contributed by atoms with Crippen molar-refractivity contribution >= 4 is 17.2 Å². The van der Waals surface area contributed by atoms with Crippen LogP contribution in [-0.4, -0.2) is 30.4 Å². The molecule has 1 aliphatic rings. The average molecular weight is 343 g/mol. The maximum atomic E-state index is 12.5. The number of hydrogen-bond acceptors (Lipinski definition) is 4. The van der Waals surface area contributed by atoms with Gasteiger partial charge >= 0.3 is 0 Å². The van der Waals surface area contributed by atoms with E-state index in [-0.39, 0.29) is 11.9 Å². The highest BCUT2D eigenvalue weighted by atomic mass is 32.1. The number of carbonyl (C=O) groups excluding carboxylic acids is 1. The maximum absolute atomic E-state index is 12.5. The third-order valence-corrected chi connectivity index (χ3v) is 5.62. The topological polar surface area (TPSA) is 58.4 Å². The molecule has 1 aromatic carbocycles. The highest BCUT2D eigenvalue weighted by Crippen LogP contribution is 2.28. The molecule has 2 atom stereocenters. The molecule has 0 aliphatic carbocycles. The van der Waals surface area contributed by atoms with E-state index in [1.807, 2.05) is 31.2 Å². The summed E-state index contributed by atoms with van der Waals surface area (Å²) in [5, 5.41) is 5.16. The number of amides is 1. The second-order valence-electron chi connectivity index (χ2n) is 6.41. The first-order valence-electron chi connectivity index (χ1n) is 8.52. The van der Waals surface area contributed by atoms with Gasteiger partial charge in [0.2, 0.25) is 5.91 Å². The molecule has 128 valence electrons. The van der Waals surface area contributed by atoms with Crippen LogP contribution < -0.4 is 11.1 Å². The Balaban J connectivity index is 1.63. The summed E-state index contributed by atoms with van der Waals surface area (Å²) in [4.78, 5) is 16.2. The van der Waals surface area contributed by atoms with Crippen molar-refractivity contribution in [3.8, 4) is 0 Å². The molecule has 0 saturated carbocycles. The molecule has 2 heterocycles. The molecule has 1 amide bonds. The van der Waals surface area contributed by atoms with Crippen molar-refractivity contribution in [1.82, 2.24) is 10.2 Å². The summed E-state index contributed by atoms with van der Waals surface area (Å²) in [6.07, 6.45) is 2.47. The smallest absolute Gasteiger partial charge is 0.241 e. The van der Waals surface area contributed by atoms with Crippen LogP contribution in [0.5, 0.6) is 0 Å². The lowest BCUT2D eigenvalue weighted by atomic mass is 10.1.